The second kappa shape index (κ2) is 5.93. The zero-order valence-corrected chi connectivity index (χ0v) is 14.0. The van der Waals surface area contributed by atoms with Crippen molar-refractivity contribution >= 4 is 17.5 Å². The van der Waals surface area contributed by atoms with Crippen LogP contribution in [0.3, 0.4) is 0 Å². The molecule has 1 N–H and O–H groups in total. The number of nitrogens with zero attached hydrogens (tertiary/aromatic N) is 1. The Morgan fingerprint density at radius 1 is 1.48 bits per heavy atom. The van der Waals surface area contributed by atoms with Crippen molar-refractivity contribution in [1.82, 2.24) is 10.3 Å². The summed E-state index contributed by atoms with van der Waals surface area (Å²) in [4.78, 5) is 16.7. The van der Waals surface area contributed by atoms with Crippen molar-refractivity contribution in [1.29, 1.82) is 0 Å². The highest BCUT2D eigenvalue weighted by Gasteiger charge is 2.49. The van der Waals surface area contributed by atoms with Crippen molar-refractivity contribution in [3.63, 3.8) is 0 Å². The van der Waals surface area contributed by atoms with E-state index in [4.69, 9.17) is 16.3 Å². The number of ether oxygens (including phenoxy) is 1. The third-order valence-electron chi connectivity index (χ3n) is 4.44. The molecule has 1 aliphatic rings. The van der Waals surface area contributed by atoms with Gasteiger partial charge in [0.2, 0.25) is 0 Å². The quantitative estimate of drug-likeness (QED) is 0.867. The monoisotopic (exact) mass is 310 g/mol. The summed E-state index contributed by atoms with van der Waals surface area (Å²) in [6.45, 7) is 8.26. The fourth-order valence-electron chi connectivity index (χ4n) is 2.72. The van der Waals surface area contributed by atoms with Crippen LogP contribution in [0.4, 0.5) is 0 Å². The molecule has 0 bridgehead atoms. The number of rotatable bonds is 4. The third-order valence-corrected chi connectivity index (χ3v) is 4.63. The van der Waals surface area contributed by atoms with Crippen LogP contribution in [-0.4, -0.2) is 30.1 Å². The fraction of sp³-hybridized carbons (Fsp3) is 0.625. The van der Waals surface area contributed by atoms with Gasteiger partial charge in [-0.1, -0.05) is 39.3 Å². The summed E-state index contributed by atoms with van der Waals surface area (Å²) in [6.07, 6.45) is 1.03. The molecular formula is C16H23ClN2O2. The van der Waals surface area contributed by atoms with E-state index in [0.29, 0.717) is 10.7 Å². The van der Waals surface area contributed by atoms with Crippen molar-refractivity contribution in [2.45, 2.75) is 52.2 Å². The summed E-state index contributed by atoms with van der Waals surface area (Å²) in [5, 5.41) is 3.43. The van der Waals surface area contributed by atoms with Crippen molar-refractivity contribution in [3.8, 4) is 0 Å². The molecule has 21 heavy (non-hydrogen) atoms. The van der Waals surface area contributed by atoms with E-state index in [-0.39, 0.29) is 29.4 Å². The lowest BCUT2D eigenvalue weighted by atomic mass is 9.64. The van der Waals surface area contributed by atoms with Gasteiger partial charge in [0.05, 0.1) is 6.10 Å². The molecule has 1 fully saturated rings. The van der Waals surface area contributed by atoms with Gasteiger partial charge in [-0.3, -0.25) is 4.79 Å². The Morgan fingerprint density at radius 2 is 2.14 bits per heavy atom. The molecule has 0 saturated heterocycles. The van der Waals surface area contributed by atoms with Crippen LogP contribution in [0.15, 0.2) is 12.1 Å². The van der Waals surface area contributed by atoms with Crippen molar-refractivity contribution in [3.05, 3.63) is 28.5 Å². The first kappa shape index (κ1) is 16.2. The predicted molar refractivity (Wildman–Crippen MR) is 83.8 cm³/mol. The average molecular weight is 311 g/mol. The van der Waals surface area contributed by atoms with E-state index in [2.05, 4.69) is 24.1 Å². The van der Waals surface area contributed by atoms with Crippen LogP contribution in [0.1, 0.15) is 56.1 Å². The normalized spacial score (nSPS) is 23.8. The summed E-state index contributed by atoms with van der Waals surface area (Å²) in [6, 6.07) is 3.54. The predicted octanol–water partition coefficient (Wildman–Crippen LogP) is 3.40. The molecule has 2 rings (SSSR count). The molecule has 116 valence electrons. The van der Waals surface area contributed by atoms with Crippen LogP contribution < -0.4 is 5.32 Å². The molecule has 1 heterocycles. The molecule has 1 saturated carbocycles. The Labute approximate surface area is 131 Å². The number of hydrogen-bond acceptors (Lipinski definition) is 3. The first-order valence-electron chi connectivity index (χ1n) is 7.26. The number of amides is 1. The number of halogens is 1. The second-order valence-corrected chi connectivity index (χ2v) is 6.95. The molecule has 0 aromatic carbocycles. The summed E-state index contributed by atoms with van der Waals surface area (Å²) < 4.78 is 5.41. The van der Waals surface area contributed by atoms with E-state index in [1.807, 2.05) is 19.9 Å². The van der Waals surface area contributed by atoms with Crippen LogP contribution in [0.5, 0.6) is 0 Å². The van der Waals surface area contributed by atoms with Crippen molar-refractivity contribution in [2.75, 3.05) is 7.11 Å². The van der Waals surface area contributed by atoms with Crippen LogP contribution >= 0.6 is 11.6 Å². The summed E-state index contributed by atoms with van der Waals surface area (Å²) >= 11 is 6.01. The van der Waals surface area contributed by atoms with Gasteiger partial charge in [0.15, 0.2) is 0 Å². The SMILES string of the molecule is COC1CC(NC(=O)c2cc(Cl)nc(C(C)C)c2)C1(C)C. The lowest BCUT2D eigenvalue weighted by Gasteiger charge is -2.51. The van der Waals surface area contributed by atoms with Crippen LogP contribution in [0.25, 0.3) is 0 Å². The zero-order valence-electron chi connectivity index (χ0n) is 13.2. The van der Waals surface area contributed by atoms with Gasteiger partial charge in [0, 0.05) is 29.8 Å². The standard InChI is InChI=1S/C16H23ClN2O2/c1-9(2)11-6-10(7-14(17)18-11)15(20)19-12-8-13(21-5)16(12,3)4/h6-7,9,12-13H,8H2,1-5H3,(H,19,20). The number of carbonyl (C=O) groups excluding carboxylic acids is 1. The molecule has 1 aromatic heterocycles. The van der Waals surface area contributed by atoms with E-state index in [1.54, 1.807) is 13.2 Å². The van der Waals surface area contributed by atoms with Gasteiger partial charge in [-0.2, -0.15) is 0 Å². The topological polar surface area (TPSA) is 51.2 Å². The molecule has 5 heteroatoms. The minimum absolute atomic E-state index is 0.0535. The Bertz CT molecular complexity index is 543. The Hall–Kier alpha value is -1.13. The van der Waals surface area contributed by atoms with Gasteiger partial charge in [-0.25, -0.2) is 4.98 Å². The molecular weight excluding hydrogens is 288 g/mol. The molecule has 0 spiro atoms. The van der Waals surface area contributed by atoms with Crippen LogP contribution in [0, 0.1) is 5.41 Å². The highest BCUT2D eigenvalue weighted by molar-refractivity contribution is 6.29. The van der Waals surface area contributed by atoms with Crippen molar-refractivity contribution < 1.29 is 9.53 Å². The van der Waals surface area contributed by atoms with Crippen LogP contribution in [-0.2, 0) is 4.74 Å². The molecule has 0 radical (unpaired) electrons. The third kappa shape index (κ3) is 3.22. The number of aromatic nitrogens is 1. The maximum atomic E-state index is 12.4. The van der Waals surface area contributed by atoms with Crippen LogP contribution in [0.2, 0.25) is 5.15 Å². The first-order chi connectivity index (χ1) is 9.75. The molecule has 0 aliphatic heterocycles. The maximum absolute atomic E-state index is 12.4. The highest BCUT2D eigenvalue weighted by Crippen LogP contribution is 2.42. The Balaban J connectivity index is 2.11. The van der Waals surface area contributed by atoms with Gasteiger partial charge in [-0.15, -0.1) is 0 Å². The lowest BCUT2D eigenvalue weighted by molar-refractivity contribution is -0.0942. The van der Waals surface area contributed by atoms with E-state index < -0.39 is 0 Å². The van der Waals surface area contributed by atoms with Gasteiger partial charge < -0.3 is 10.1 Å². The van der Waals surface area contributed by atoms with Gasteiger partial charge in [-0.05, 0) is 24.5 Å². The summed E-state index contributed by atoms with van der Waals surface area (Å²) in [7, 11) is 1.71. The number of carbonyl (C=O) groups is 1. The van der Waals surface area contributed by atoms with Crippen molar-refractivity contribution in [2.24, 2.45) is 5.41 Å². The minimum Gasteiger partial charge on any atom is -0.381 e. The number of pyridine rings is 1. The smallest absolute Gasteiger partial charge is 0.251 e. The van der Waals surface area contributed by atoms with Gasteiger partial charge in [0.1, 0.15) is 5.15 Å². The Kier molecular flexibility index (Phi) is 4.59. The minimum atomic E-state index is -0.103. The molecule has 1 amide bonds. The maximum Gasteiger partial charge on any atom is 0.251 e. The lowest BCUT2D eigenvalue weighted by Crippen LogP contribution is -2.61. The van der Waals surface area contributed by atoms with E-state index in [9.17, 15) is 4.79 Å². The van der Waals surface area contributed by atoms with E-state index in [1.165, 1.54) is 0 Å². The highest BCUT2D eigenvalue weighted by atomic mass is 35.5. The molecule has 2 atom stereocenters. The number of methoxy groups -OCH3 is 1. The van der Waals surface area contributed by atoms with E-state index >= 15 is 0 Å². The fourth-order valence-corrected chi connectivity index (χ4v) is 2.93. The number of nitrogens with one attached hydrogen (secondary N) is 1. The van der Waals surface area contributed by atoms with Gasteiger partial charge >= 0.3 is 0 Å². The first-order valence-corrected chi connectivity index (χ1v) is 7.64. The summed E-state index contributed by atoms with van der Waals surface area (Å²) in [5.74, 6) is 0.127. The molecule has 1 aliphatic carbocycles. The summed E-state index contributed by atoms with van der Waals surface area (Å²) in [5.41, 5.74) is 1.34. The molecule has 1 aromatic rings. The largest absolute Gasteiger partial charge is 0.381 e. The molecule has 2 unspecified atom stereocenters. The average Bonchev–Trinajstić information content (AvgIpc) is 2.41. The van der Waals surface area contributed by atoms with Gasteiger partial charge in [0.25, 0.3) is 5.91 Å². The van der Waals surface area contributed by atoms with E-state index in [0.717, 1.165) is 12.1 Å². The zero-order chi connectivity index (χ0) is 15.8. The second-order valence-electron chi connectivity index (χ2n) is 6.57. The molecule has 4 nitrogen and oxygen atoms in total. The number of hydrogen-bond donors (Lipinski definition) is 1. The Morgan fingerprint density at radius 3 is 2.67 bits per heavy atom.